The van der Waals surface area contributed by atoms with Crippen LogP contribution < -0.4 is 47.9 Å². The second-order valence-corrected chi connectivity index (χ2v) is 37.0. The van der Waals surface area contributed by atoms with Gasteiger partial charge in [0, 0.05) is 143 Å². The van der Waals surface area contributed by atoms with Crippen molar-refractivity contribution in [3.8, 4) is 0 Å². The van der Waals surface area contributed by atoms with Gasteiger partial charge in [-0.05, 0) is 89.9 Å². The second-order valence-electron chi connectivity index (χ2n) is 34.0. The molecule has 127 heavy (non-hydrogen) atoms. The molecule has 0 radical (unpaired) electrons. The number of aliphatic hydroxyl groups excluding tert-OH is 9. The Morgan fingerprint density at radius 2 is 0.591 bits per heavy atom. The average Bonchev–Trinajstić information content (AvgIpc) is 0.815. The molecule has 0 spiro atoms. The van der Waals surface area contributed by atoms with Crippen molar-refractivity contribution in [3.63, 3.8) is 0 Å². The average molecular weight is 1840 g/mol. The van der Waals surface area contributed by atoms with Gasteiger partial charge in [-0.3, -0.25) is 59.4 Å². The van der Waals surface area contributed by atoms with E-state index in [1.807, 2.05) is 20.8 Å². The van der Waals surface area contributed by atoms with E-state index in [9.17, 15) is 103 Å². The number of amides is 9. The normalized spacial score (nSPS) is 23.4. The van der Waals surface area contributed by atoms with E-state index in [0.29, 0.717) is 90.1 Å². The van der Waals surface area contributed by atoms with Crippen LogP contribution in [-0.4, -0.2) is 332 Å². The molecular weight excluding hydrogens is 1690 g/mol. The number of ketones is 2. The van der Waals surface area contributed by atoms with Crippen molar-refractivity contribution in [2.75, 3.05) is 119 Å². The lowest BCUT2D eigenvalue weighted by Gasteiger charge is -2.42. The molecule has 0 aromatic carbocycles. The van der Waals surface area contributed by atoms with E-state index in [4.69, 9.17) is 47.2 Å². The summed E-state index contributed by atoms with van der Waals surface area (Å²) in [5.74, 6) is -3.15. The highest BCUT2D eigenvalue weighted by Gasteiger charge is 2.48. The van der Waals surface area contributed by atoms with Crippen LogP contribution in [0.3, 0.4) is 0 Å². The summed E-state index contributed by atoms with van der Waals surface area (Å²) in [5.41, 5.74) is -1.42. The SMILES string of the molecule is [CH2-]P(=O)(OCCCCCCCC(=O)CCCCCCCCCCC(=O)NC(COCCC(=O)NCCCCC(=O)CCCCO[C@@H]1OC(CO)[C@@H](O)[C@H](O)C1NC(C)=O)(COCCC(=O)NCCCNC(=O)CCCCO[C@@H]1OC(CO)[C@@H](O)[C@H](O)C1NC(C)=O)COCCC(=O)NCCCNC(=O)CCCCO[C@@H]1OC(CO)[C@@H](O)[C@H](O)C1NC(C)=O)C(C)(C)C. The number of hydrogen-bond donors (Lipinski definition) is 18. The van der Waals surface area contributed by atoms with Crippen molar-refractivity contribution in [2.24, 2.45) is 0 Å². The van der Waals surface area contributed by atoms with Crippen LogP contribution in [0.2, 0.25) is 0 Å². The Morgan fingerprint density at radius 3 is 0.906 bits per heavy atom. The van der Waals surface area contributed by atoms with Crippen molar-refractivity contribution in [1.29, 1.82) is 0 Å². The van der Waals surface area contributed by atoms with Gasteiger partial charge >= 0.3 is 0 Å². The van der Waals surface area contributed by atoms with Crippen molar-refractivity contribution in [1.82, 2.24) is 47.9 Å². The highest BCUT2D eigenvalue weighted by molar-refractivity contribution is 7.61. The van der Waals surface area contributed by atoms with Gasteiger partial charge < -0.3 is 146 Å². The Bertz CT molecular complexity index is 2960. The summed E-state index contributed by atoms with van der Waals surface area (Å²) in [6.45, 7) is 12.0. The molecule has 7 unspecified atom stereocenters. The molecule has 0 aliphatic carbocycles. The number of aliphatic hydroxyl groups is 9. The number of carbonyl (C=O) groups is 11. The van der Waals surface area contributed by atoms with Gasteiger partial charge in [0.1, 0.15) is 90.2 Å². The van der Waals surface area contributed by atoms with E-state index in [1.165, 1.54) is 20.8 Å². The Balaban J connectivity index is 1.59. The molecule has 16 atom stereocenters. The maximum atomic E-state index is 14.1. The number of hydrogen-bond acceptors (Lipinski definition) is 31. The van der Waals surface area contributed by atoms with Gasteiger partial charge in [0.2, 0.25) is 53.2 Å². The summed E-state index contributed by atoms with van der Waals surface area (Å²) in [6.07, 6.45) is 1.64. The fourth-order valence-corrected chi connectivity index (χ4v) is 14.8. The summed E-state index contributed by atoms with van der Waals surface area (Å²) in [6, 6.07) is -3.28. The van der Waals surface area contributed by atoms with Gasteiger partial charge in [-0.15, -0.1) is 0 Å². The molecule has 41 heteroatoms. The van der Waals surface area contributed by atoms with Crippen LogP contribution >= 0.6 is 7.37 Å². The molecule has 3 aliphatic heterocycles. The first-order chi connectivity index (χ1) is 60.6. The van der Waals surface area contributed by atoms with Gasteiger partial charge in [0.15, 0.2) is 18.9 Å². The molecule has 3 saturated heterocycles. The fourth-order valence-electron chi connectivity index (χ4n) is 14.0. The van der Waals surface area contributed by atoms with Crippen LogP contribution in [0.4, 0.5) is 0 Å². The van der Waals surface area contributed by atoms with E-state index in [0.717, 1.165) is 77.0 Å². The van der Waals surface area contributed by atoms with Crippen molar-refractivity contribution in [3.05, 3.63) is 6.66 Å². The standard InChI is InChI=1S/C86H155N9O31P/c1-59(99)92-73-79(113)76(110)64(53-96)124-82(73)120-46-26-21-34-63(103)33-20-24-41-87-69(106)38-50-117-56-86(95-72(109)37-19-15-11-9-8-10-13-17-31-62(102)32-18-14-12-16-25-49-123-127(7,116)85(4,5)6,57-118-51-39-70(107)90-44-29-42-88-67(104)35-22-27-47-121-83-74(93-60(2)100)80(114)77(111)65(54-97)125-83)58-119-52-40-71(108)91-45-30-43-89-68(105)36-23-28-48-122-84-75(94-61(3)101)81(115)78(112)66(55-98)126-84/h64-66,73-84,96-98,110-115H,7-58H2,1-6H3,(H,87,106)(H,88,104)(H,89,105)(H,90,107)(H,91,108)(H,92,99)(H,93,100)(H,94,101)(H,95,109)/q-1/t64?,65?,66?,73?,74?,75?,76-,77-,78-,79-,80-,81-,82-,83-,84-,86?,127?/m1/s1. The molecule has 0 bridgehead atoms. The largest absolute Gasteiger partial charge is 0.394 e. The lowest BCUT2D eigenvalue weighted by molar-refractivity contribution is -0.270. The van der Waals surface area contributed by atoms with Gasteiger partial charge in [-0.1, -0.05) is 78.6 Å². The zero-order chi connectivity index (χ0) is 94.0. The monoisotopic (exact) mass is 1840 g/mol. The van der Waals surface area contributed by atoms with Crippen LogP contribution in [0.1, 0.15) is 253 Å². The zero-order valence-corrected chi connectivity index (χ0v) is 76.8. The van der Waals surface area contributed by atoms with Gasteiger partial charge in [-0.2, -0.15) is 0 Å². The molecule has 3 aliphatic rings. The topological polar surface area (TPSA) is 587 Å². The first kappa shape index (κ1) is 115. The number of unbranched alkanes of at least 4 members (excludes halogenated alkanes) is 15. The number of rotatable bonds is 73. The zero-order valence-electron chi connectivity index (χ0n) is 75.9. The first-order valence-corrected chi connectivity index (χ1v) is 47.4. The molecule has 0 aromatic rings. The molecule has 40 nitrogen and oxygen atoms in total. The van der Waals surface area contributed by atoms with Crippen LogP contribution in [0, 0.1) is 6.66 Å². The van der Waals surface area contributed by atoms with Crippen LogP contribution in [0.15, 0.2) is 0 Å². The van der Waals surface area contributed by atoms with E-state index < -0.39 is 148 Å². The van der Waals surface area contributed by atoms with Crippen LogP contribution in [0.25, 0.3) is 0 Å². The predicted octanol–water partition coefficient (Wildman–Crippen LogP) is 1.25. The van der Waals surface area contributed by atoms with Crippen molar-refractivity contribution < 1.29 is 150 Å². The maximum Gasteiger partial charge on any atom is 0.222 e. The Labute approximate surface area is 748 Å². The van der Waals surface area contributed by atoms with Crippen molar-refractivity contribution in [2.45, 2.75) is 356 Å². The smallest absolute Gasteiger partial charge is 0.222 e. The number of Topliss-reactive ketones (excluding diaryl/α,β-unsaturated/α-hetero) is 2. The third-order valence-electron chi connectivity index (χ3n) is 21.7. The number of ether oxygens (including phenoxy) is 9. The highest BCUT2D eigenvalue weighted by atomic mass is 31.2. The van der Waals surface area contributed by atoms with Gasteiger partial charge in [-0.25, -0.2) is 0 Å². The van der Waals surface area contributed by atoms with Crippen LogP contribution in [0.5, 0.6) is 0 Å². The third kappa shape index (κ3) is 49.9. The molecule has 736 valence electrons. The predicted molar refractivity (Wildman–Crippen MR) is 463 cm³/mol. The van der Waals surface area contributed by atoms with E-state index in [2.05, 4.69) is 54.5 Å². The molecule has 3 rings (SSSR count). The number of carbonyl (C=O) groups excluding carboxylic acids is 11. The van der Waals surface area contributed by atoms with Gasteiger partial charge in [0.05, 0.1) is 73.4 Å². The summed E-state index contributed by atoms with van der Waals surface area (Å²) in [5, 5.41) is 115. The maximum absolute atomic E-state index is 14.1. The Kier molecular flexibility index (Phi) is 60.2. The Morgan fingerprint density at radius 1 is 0.331 bits per heavy atom. The summed E-state index contributed by atoms with van der Waals surface area (Å²) in [4.78, 5) is 140. The minimum absolute atomic E-state index is 0.00244. The summed E-state index contributed by atoms with van der Waals surface area (Å²) >= 11 is 0. The van der Waals surface area contributed by atoms with Gasteiger partial charge in [0.25, 0.3) is 0 Å². The summed E-state index contributed by atoms with van der Waals surface area (Å²) in [7, 11) is -2.93. The minimum Gasteiger partial charge on any atom is -0.394 e. The fraction of sp³-hybridized carbons (Fsp3) is 0.860. The van der Waals surface area contributed by atoms with Crippen LogP contribution in [-0.2, 0) is 104 Å². The quantitative estimate of drug-likeness (QED) is 0.0231. The molecule has 3 fully saturated rings. The summed E-state index contributed by atoms with van der Waals surface area (Å²) < 4.78 is 70.6. The van der Waals surface area contributed by atoms with Crippen molar-refractivity contribution >= 4 is 72.1 Å². The highest BCUT2D eigenvalue weighted by Crippen LogP contribution is 2.57. The first-order valence-electron chi connectivity index (χ1n) is 45.6. The molecule has 3 heterocycles. The molecule has 0 aromatic heterocycles. The van der Waals surface area contributed by atoms with E-state index >= 15 is 0 Å². The van der Waals surface area contributed by atoms with E-state index in [1.54, 1.807) is 0 Å². The lowest BCUT2D eigenvalue weighted by atomic mass is 9.97. The molecular formula is C86H155N9O31P-. The molecule has 9 amide bonds. The molecule has 0 saturated carbocycles. The lowest BCUT2D eigenvalue weighted by Crippen LogP contribution is -2.64. The minimum atomic E-state index is -2.93. The second kappa shape index (κ2) is 66.4. The van der Waals surface area contributed by atoms with E-state index in [-0.39, 0.29) is 191 Å². The number of nitrogens with one attached hydrogen (secondary N) is 9. The molecule has 18 N–H and O–H groups in total. The Hall–Kier alpha value is -5.96. The third-order valence-corrected chi connectivity index (χ3v) is 24.4.